The molecule has 0 N–H and O–H groups in total. The highest BCUT2D eigenvalue weighted by Gasteiger charge is 2.21. The fourth-order valence-electron chi connectivity index (χ4n) is 3.29. The molecule has 1 saturated carbocycles. The van der Waals surface area contributed by atoms with E-state index in [-0.39, 0.29) is 0 Å². The van der Waals surface area contributed by atoms with Gasteiger partial charge in [0.05, 0.1) is 0 Å². The van der Waals surface area contributed by atoms with Gasteiger partial charge < -0.3 is 0 Å². The maximum Gasteiger partial charge on any atom is -0.0250 e. The first-order valence-corrected chi connectivity index (χ1v) is 7.28. The van der Waals surface area contributed by atoms with Gasteiger partial charge in [-0.25, -0.2) is 0 Å². The zero-order valence-corrected chi connectivity index (χ0v) is 11.4. The Bertz CT molecular complexity index is 304. The second kappa shape index (κ2) is 6.23. The molecule has 1 aromatic rings. The molecule has 0 bridgehead atoms. The molecule has 0 heterocycles. The van der Waals surface area contributed by atoms with E-state index >= 15 is 0 Å². The van der Waals surface area contributed by atoms with E-state index in [1.807, 2.05) is 0 Å². The minimum absolute atomic E-state index is 0.880. The predicted octanol–water partition coefficient (Wildman–Crippen LogP) is 5.08. The zero-order chi connectivity index (χ0) is 12.1. The summed E-state index contributed by atoms with van der Waals surface area (Å²) in [4.78, 5) is 0. The predicted molar refractivity (Wildman–Crippen MR) is 75.0 cm³/mol. The summed E-state index contributed by atoms with van der Waals surface area (Å²) in [6, 6.07) is 11.0. The molecule has 0 unspecified atom stereocenters. The summed E-state index contributed by atoms with van der Waals surface area (Å²) in [5.74, 6) is 2.84. The zero-order valence-electron chi connectivity index (χ0n) is 11.4. The lowest BCUT2D eigenvalue weighted by atomic mass is 9.76. The third kappa shape index (κ3) is 4.18. The summed E-state index contributed by atoms with van der Waals surface area (Å²) in [5, 5.41) is 0. The SMILES string of the molecule is CC(C)CC1CCC(Cc2ccccc2)CC1. The summed E-state index contributed by atoms with van der Waals surface area (Å²) >= 11 is 0. The fraction of sp³-hybridized carbons (Fsp3) is 0.647. The van der Waals surface area contributed by atoms with Crippen LogP contribution in [0.3, 0.4) is 0 Å². The van der Waals surface area contributed by atoms with E-state index in [0.717, 1.165) is 17.8 Å². The van der Waals surface area contributed by atoms with Crippen LogP contribution in [0.15, 0.2) is 30.3 Å². The van der Waals surface area contributed by atoms with Crippen molar-refractivity contribution in [2.24, 2.45) is 17.8 Å². The van der Waals surface area contributed by atoms with Crippen LogP contribution in [0.25, 0.3) is 0 Å². The highest BCUT2D eigenvalue weighted by atomic mass is 14.3. The highest BCUT2D eigenvalue weighted by molar-refractivity contribution is 5.15. The molecule has 0 amide bonds. The average molecular weight is 230 g/mol. The van der Waals surface area contributed by atoms with Crippen LogP contribution in [0.5, 0.6) is 0 Å². The molecule has 0 radical (unpaired) electrons. The molecule has 2 rings (SSSR count). The summed E-state index contributed by atoms with van der Waals surface area (Å²) in [5.41, 5.74) is 1.53. The number of hydrogen-bond acceptors (Lipinski definition) is 0. The van der Waals surface area contributed by atoms with E-state index in [4.69, 9.17) is 0 Å². The van der Waals surface area contributed by atoms with Crippen molar-refractivity contribution < 1.29 is 0 Å². The molecule has 0 nitrogen and oxygen atoms in total. The van der Waals surface area contributed by atoms with Crippen LogP contribution in [0.1, 0.15) is 51.5 Å². The Kier molecular flexibility index (Phi) is 4.65. The quantitative estimate of drug-likeness (QED) is 0.676. The fourth-order valence-corrected chi connectivity index (χ4v) is 3.29. The summed E-state index contributed by atoms with van der Waals surface area (Å²) in [6.45, 7) is 4.71. The van der Waals surface area contributed by atoms with Crippen LogP contribution in [0, 0.1) is 17.8 Å². The van der Waals surface area contributed by atoms with Crippen molar-refractivity contribution in [2.45, 2.75) is 52.4 Å². The van der Waals surface area contributed by atoms with E-state index in [2.05, 4.69) is 44.2 Å². The Morgan fingerprint density at radius 3 is 2.12 bits per heavy atom. The van der Waals surface area contributed by atoms with E-state index < -0.39 is 0 Å². The Balaban J connectivity index is 1.76. The van der Waals surface area contributed by atoms with Gasteiger partial charge in [0.1, 0.15) is 0 Å². The van der Waals surface area contributed by atoms with Gasteiger partial charge in [0.2, 0.25) is 0 Å². The Morgan fingerprint density at radius 2 is 1.53 bits per heavy atom. The van der Waals surface area contributed by atoms with Crippen molar-refractivity contribution in [3.05, 3.63) is 35.9 Å². The first kappa shape index (κ1) is 12.7. The van der Waals surface area contributed by atoms with Gasteiger partial charge in [0, 0.05) is 0 Å². The molecule has 1 aromatic carbocycles. The molecule has 0 spiro atoms. The summed E-state index contributed by atoms with van der Waals surface area (Å²) in [7, 11) is 0. The summed E-state index contributed by atoms with van der Waals surface area (Å²) < 4.78 is 0. The lowest BCUT2D eigenvalue weighted by molar-refractivity contribution is 0.244. The maximum atomic E-state index is 2.36. The Morgan fingerprint density at radius 1 is 0.941 bits per heavy atom. The van der Waals surface area contributed by atoms with E-state index in [9.17, 15) is 0 Å². The number of rotatable bonds is 4. The first-order valence-electron chi connectivity index (χ1n) is 7.28. The molecule has 0 aliphatic heterocycles. The molecule has 1 aliphatic rings. The van der Waals surface area contributed by atoms with Gasteiger partial charge in [-0.2, -0.15) is 0 Å². The van der Waals surface area contributed by atoms with Crippen molar-refractivity contribution in [3.63, 3.8) is 0 Å². The van der Waals surface area contributed by atoms with Gasteiger partial charge >= 0.3 is 0 Å². The minimum Gasteiger partial charge on any atom is -0.0628 e. The maximum absolute atomic E-state index is 2.36. The van der Waals surface area contributed by atoms with Crippen molar-refractivity contribution in [1.82, 2.24) is 0 Å². The van der Waals surface area contributed by atoms with Gasteiger partial charge in [-0.3, -0.25) is 0 Å². The second-order valence-corrected chi connectivity index (χ2v) is 6.21. The van der Waals surface area contributed by atoms with Gasteiger partial charge in [0.15, 0.2) is 0 Å². The molecular weight excluding hydrogens is 204 g/mol. The molecule has 1 aliphatic carbocycles. The molecule has 0 atom stereocenters. The topological polar surface area (TPSA) is 0 Å². The van der Waals surface area contributed by atoms with Crippen molar-refractivity contribution in [3.8, 4) is 0 Å². The molecule has 1 fully saturated rings. The van der Waals surface area contributed by atoms with Crippen LogP contribution in [-0.2, 0) is 6.42 Å². The monoisotopic (exact) mass is 230 g/mol. The van der Waals surface area contributed by atoms with Crippen molar-refractivity contribution >= 4 is 0 Å². The molecular formula is C17H26. The van der Waals surface area contributed by atoms with Gasteiger partial charge in [-0.1, -0.05) is 57.0 Å². The molecule has 0 aromatic heterocycles. The van der Waals surface area contributed by atoms with Crippen LogP contribution in [0.2, 0.25) is 0 Å². The van der Waals surface area contributed by atoms with Gasteiger partial charge in [-0.15, -0.1) is 0 Å². The second-order valence-electron chi connectivity index (χ2n) is 6.21. The van der Waals surface area contributed by atoms with Crippen molar-refractivity contribution in [2.75, 3.05) is 0 Å². The lowest BCUT2D eigenvalue weighted by Crippen LogP contribution is -2.17. The molecule has 0 heteroatoms. The minimum atomic E-state index is 0.880. The smallest absolute Gasteiger partial charge is 0.0250 e. The normalized spacial score (nSPS) is 25.1. The number of hydrogen-bond donors (Lipinski definition) is 0. The van der Waals surface area contributed by atoms with Crippen molar-refractivity contribution in [1.29, 1.82) is 0 Å². The molecule has 94 valence electrons. The Hall–Kier alpha value is -0.780. The highest BCUT2D eigenvalue weighted by Crippen LogP contribution is 2.34. The van der Waals surface area contributed by atoms with Gasteiger partial charge in [-0.05, 0) is 49.0 Å². The summed E-state index contributed by atoms with van der Waals surface area (Å²) in [6.07, 6.45) is 8.58. The third-order valence-corrected chi connectivity index (χ3v) is 4.14. The standard InChI is InChI=1S/C17H26/c1-14(2)12-16-8-10-17(11-9-16)13-15-6-4-3-5-7-15/h3-7,14,16-17H,8-13H2,1-2H3. The Labute approximate surface area is 106 Å². The molecule has 0 saturated heterocycles. The first-order chi connectivity index (χ1) is 8.24. The van der Waals surface area contributed by atoms with Gasteiger partial charge in [0.25, 0.3) is 0 Å². The van der Waals surface area contributed by atoms with E-state index in [1.165, 1.54) is 44.1 Å². The van der Waals surface area contributed by atoms with E-state index in [0.29, 0.717) is 0 Å². The van der Waals surface area contributed by atoms with Crippen LogP contribution in [0.4, 0.5) is 0 Å². The largest absolute Gasteiger partial charge is 0.0628 e. The molecule has 17 heavy (non-hydrogen) atoms. The van der Waals surface area contributed by atoms with Crippen LogP contribution >= 0.6 is 0 Å². The average Bonchev–Trinajstić information content (AvgIpc) is 2.32. The van der Waals surface area contributed by atoms with Crippen LogP contribution in [-0.4, -0.2) is 0 Å². The number of benzene rings is 1. The van der Waals surface area contributed by atoms with Crippen LogP contribution < -0.4 is 0 Å². The third-order valence-electron chi connectivity index (χ3n) is 4.14. The lowest BCUT2D eigenvalue weighted by Gasteiger charge is -2.29. The van der Waals surface area contributed by atoms with E-state index in [1.54, 1.807) is 0 Å².